The zero-order valence-corrected chi connectivity index (χ0v) is 12.7. The molecule has 0 saturated carbocycles. The van der Waals surface area contributed by atoms with Gasteiger partial charge in [0.05, 0.1) is 5.39 Å². The van der Waals surface area contributed by atoms with Crippen LogP contribution in [-0.4, -0.2) is 16.0 Å². The van der Waals surface area contributed by atoms with Gasteiger partial charge < -0.3 is 11.1 Å². The molecule has 0 radical (unpaired) electrons. The molecule has 2 aromatic rings. The summed E-state index contributed by atoms with van der Waals surface area (Å²) >= 11 is 1.70. The van der Waals surface area contributed by atoms with Gasteiger partial charge in [0.15, 0.2) is 0 Å². The number of unbranched alkanes of at least 4 members (excludes halogenated alkanes) is 1. The van der Waals surface area contributed by atoms with Crippen molar-refractivity contribution in [3.63, 3.8) is 0 Å². The third kappa shape index (κ3) is 3.35. The van der Waals surface area contributed by atoms with Gasteiger partial charge in [0.1, 0.15) is 10.6 Å². The van der Waals surface area contributed by atoms with Crippen LogP contribution in [0.25, 0.3) is 10.2 Å². The lowest BCUT2D eigenvalue weighted by atomic mass is 10.1. The maximum atomic E-state index is 5.80. The zero-order chi connectivity index (χ0) is 13.8. The van der Waals surface area contributed by atoms with Crippen molar-refractivity contribution in [3.05, 3.63) is 10.9 Å². The molecule has 2 heterocycles. The van der Waals surface area contributed by atoms with E-state index in [0.29, 0.717) is 12.0 Å². The van der Waals surface area contributed by atoms with Crippen molar-refractivity contribution >= 4 is 33.3 Å². The van der Waals surface area contributed by atoms with Crippen LogP contribution in [0.2, 0.25) is 0 Å². The number of nitrogens with one attached hydrogen (secondary N) is 1. The van der Waals surface area contributed by atoms with Crippen LogP contribution in [0.5, 0.6) is 0 Å². The van der Waals surface area contributed by atoms with Crippen molar-refractivity contribution < 1.29 is 0 Å². The molecule has 1 unspecified atom stereocenters. The molecule has 4 nitrogen and oxygen atoms in total. The van der Waals surface area contributed by atoms with Gasteiger partial charge in [0, 0.05) is 10.9 Å². The highest BCUT2D eigenvalue weighted by Gasteiger charge is 2.12. The monoisotopic (exact) mass is 278 g/mol. The minimum atomic E-state index is 0.349. The Morgan fingerprint density at radius 3 is 2.84 bits per heavy atom. The lowest BCUT2D eigenvalue weighted by Crippen LogP contribution is -2.16. The highest BCUT2D eigenvalue weighted by Crippen LogP contribution is 2.30. The molecule has 0 saturated heterocycles. The van der Waals surface area contributed by atoms with E-state index in [2.05, 4.69) is 42.1 Å². The first-order chi connectivity index (χ1) is 9.13. The number of aryl methyl sites for hydroxylation is 1. The molecule has 0 aromatic carbocycles. The standard InChI is InChI=1S/C14H22N4S/c1-4-6-7-9(3)16-12-11-8-10(5-2)19-13(11)18-14(15)17-12/h8-9H,4-7H2,1-3H3,(H3,15,16,17,18). The third-order valence-corrected chi connectivity index (χ3v) is 4.36. The fraction of sp³-hybridized carbons (Fsp3) is 0.571. The number of aromatic nitrogens is 2. The lowest BCUT2D eigenvalue weighted by molar-refractivity contribution is 0.644. The van der Waals surface area contributed by atoms with Crippen LogP contribution in [0.15, 0.2) is 6.07 Å². The van der Waals surface area contributed by atoms with Gasteiger partial charge in [-0.3, -0.25) is 0 Å². The molecule has 0 fully saturated rings. The molecule has 0 spiro atoms. The van der Waals surface area contributed by atoms with Crippen LogP contribution in [0.4, 0.5) is 11.8 Å². The minimum absolute atomic E-state index is 0.349. The average molecular weight is 278 g/mol. The van der Waals surface area contributed by atoms with Crippen molar-refractivity contribution in [1.29, 1.82) is 0 Å². The first kappa shape index (κ1) is 14.1. The Morgan fingerprint density at radius 2 is 2.16 bits per heavy atom. The highest BCUT2D eigenvalue weighted by molar-refractivity contribution is 7.18. The third-order valence-electron chi connectivity index (χ3n) is 3.18. The molecule has 1 atom stereocenters. The number of hydrogen-bond acceptors (Lipinski definition) is 5. The van der Waals surface area contributed by atoms with E-state index in [0.717, 1.165) is 28.9 Å². The fourth-order valence-electron chi connectivity index (χ4n) is 2.09. The predicted octanol–water partition coefficient (Wildman–Crippen LogP) is 3.83. The Hall–Kier alpha value is -1.36. The second-order valence-electron chi connectivity index (χ2n) is 4.90. The van der Waals surface area contributed by atoms with E-state index >= 15 is 0 Å². The Kier molecular flexibility index (Phi) is 4.58. The summed E-state index contributed by atoms with van der Waals surface area (Å²) in [6.07, 6.45) is 4.60. The summed E-state index contributed by atoms with van der Waals surface area (Å²) in [7, 11) is 0. The molecular formula is C14H22N4S. The van der Waals surface area contributed by atoms with Crippen LogP contribution in [0, 0.1) is 0 Å². The van der Waals surface area contributed by atoms with Gasteiger partial charge in [-0.15, -0.1) is 11.3 Å². The molecule has 0 amide bonds. The maximum Gasteiger partial charge on any atom is 0.223 e. The van der Waals surface area contributed by atoms with Crippen LogP contribution in [-0.2, 0) is 6.42 Å². The van der Waals surface area contributed by atoms with Gasteiger partial charge in [-0.2, -0.15) is 4.98 Å². The van der Waals surface area contributed by atoms with E-state index < -0.39 is 0 Å². The van der Waals surface area contributed by atoms with Gasteiger partial charge in [0.25, 0.3) is 0 Å². The van der Waals surface area contributed by atoms with E-state index in [1.165, 1.54) is 17.7 Å². The first-order valence-electron chi connectivity index (χ1n) is 6.96. The van der Waals surface area contributed by atoms with Gasteiger partial charge in [-0.05, 0) is 25.8 Å². The number of nitrogens with two attached hydrogens (primary N) is 1. The highest BCUT2D eigenvalue weighted by atomic mass is 32.1. The summed E-state index contributed by atoms with van der Waals surface area (Å²) in [5, 5.41) is 4.57. The van der Waals surface area contributed by atoms with Crippen molar-refractivity contribution in [2.75, 3.05) is 11.1 Å². The quantitative estimate of drug-likeness (QED) is 0.843. The summed E-state index contributed by atoms with van der Waals surface area (Å²) in [4.78, 5) is 11.0. The molecule has 3 N–H and O–H groups in total. The van der Waals surface area contributed by atoms with E-state index in [-0.39, 0.29) is 0 Å². The molecule has 0 aliphatic carbocycles. The summed E-state index contributed by atoms with van der Waals surface area (Å²) in [5.41, 5.74) is 5.80. The van der Waals surface area contributed by atoms with Gasteiger partial charge in [0.2, 0.25) is 5.95 Å². The normalized spacial score (nSPS) is 12.8. The van der Waals surface area contributed by atoms with Crippen molar-refractivity contribution in [1.82, 2.24) is 9.97 Å². The summed E-state index contributed by atoms with van der Waals surface area (Å²) < 4.78 is 0. The largest absolute Gasteiger partial charge is 0.368 e. The summed E-state index contributed by atoms with van der Waals surface area (Å²) in [5.74, 6) is 1.23. The van der Waals surface area contributed by atoms with Crippen molar-refractivity contribution in [2.24, 2.45) is 0 Å². The Labute approximate surface area is 118 Å². The van der Waals surface area contributed by atoms with Gasteiger partial charge in [-0.1, -0.05) is 26.7 Å². The SMILES string of the molecule is CCCCC(C)Nc1nc(N)nc2sc(CC)cc12. The molecule has 19 heavy (non-hydrogen) atoms. The average Bonchev–Trinajstić information content (AvgIpc) is 2.79. The number of fused-ring (bicyclic) bond motifs is 1. The molecule has 2 aromatic heterocycles. The number of nitrogen functional groups attached to an aromatic ring is 1. The van der Waals surface area contributed by atoms with Gasteiger partial charge in [-0.25, -0.2) is 4.98 Å². The molecular weight excluding hydrogens is 256 g/mol. The van der Waals surface area contributed by atoms with Crippen LogP contribution in [0.3, 0.4) is 0 Å². The minimum Gasteiger partial charge on any atom is -0.368 e. The molecule has 0 bridgehead atoms. The van der Waals surface area contributed by atoms with Crippen LogP contribution < -0.4 is 11.1 Å². The molecule has 0 aliphatic rings. The molecule has 0 aliphatic heterocycles. The lowest BCUT2D eigenvalue weighted by Gasteiger charge is -2.14. The van der Waals surface area contributed by atoms with Crippen LogP contribution in [0.1, 0.15) is 44.9 Å². The maximum absolute atomic E-state index is 5.80. The predicted molar refractivity (Wildman–Crippen MR) is 83.8 cm³/mol. The van der Waals surface area contributed by atoms with Crippen molar-refractivity contribution in [2.45, 2.75) is 52.5 Å². The smallest absolute Gasteiger partial charge is 0.223 e. The van der Waals surface area contributed by atoms with E-state index in [1.54, 1.807) is 11.3 Å². The number of thiophene rings is 1. The number of hydrogen-bond donors (Lipinski definition) is 2. The Bertz CT molecular complexity index is 550. The van der Waals surface area contributed by atoms with Gasteiger partial charge >= 0.3 is 0 Å². The van der Waals surface area contributed by atoms with Crippen molar-refractivity contribution in [3.8, 4) is 0 Å². The second-order valence-corrected chi connectivity index (χ2v) is 6.02. The molecule has 104 valence electrons. The van der Waals surface area contributed by atoms with E-state index in [1.807, 2.05) is 0 Å². The van der Waals surface area contributed by atoms with Crippen LogP contribution >= 0.6 is 11.3 Å². The fourth-order valence-corrected chi connectivity index (χ4v) is 3.06. The Balaban J connectivity index is 2.28. The summed E-state index contributed by atoms with van der Waals surface area (Å²) in [6, 6.07) is 2.58. The number of rotatable bonds is 6. The summed E-state index contributed by atoms with van der Waals surface area (Å²) in [6.45, 7) is 6.55. The Morgan fingerprint density at radius 1 is 1.37 bits per heavy atom. The zero-order valence-electron chi connectivity index (χ0n) is 11.9. The first-order valence-corrected chi connectivity index (χ1v) is 7.78. The molecule has 2 rings (SSSR count). The number of anilines is 2. The number of nitrogens with zero attached hydrogens (tertiary/aromatic N) is 2. The van der Waals surface area contributed by atoms with E-state index in [9.17, 15) is 0 Å². The second kappa shape index (κ2) is 6.19. The molecule has 5 heteroatoms. The topological polar surface area (TPSA) is 63.8 Å². The van der Waals surface area contributed by atoms with E-state index in [4.69, 9.17) is 5.73 Å².